The Kier molecular flexibility index (Phi) is 3.73. The van der Waals surface area contributed by atoms with Crippen molar-refractivity contribution >= 4 is 22.9 Å². The van der Waals surface area contributed by atoms with Crippen LogP contribution in [0.5, 0.6) is 0 Å². The van der Waals surface area contributed by atoms with Crippen LogP contribution < -0.4 is 11.5 Å². The van der Waals surface area contributed by atoms with Crippen LogP contribution in [0.15, 0.2) is 48.5 Å². The summed E-state index contributed by atoms with van der Waals surface area (Å²) in [5.41, 5.74) is 18.3. The zero-order valence-corrected chi connectivity index (χ0v) is 14.6. The number of benzene rings is 2. The number of rotatable bonds is 2. The second-order valence-corrected chi connectivity index (χ2v) is 6.30. The van der Waals surface area contributed by atoms with Crippen LogP contribution in [0.4, 0.5) is 11.8 Å². The van der Waals surface area contributed by atoms with Gasteiger partial charge in [0.1, 0.15) is 0 Å². The maximum atomic E-state index is 6.01. The number of hydrogen-bond acceptors (Lipinski definition) is 6. The molecule has 0 unspecified atom stereocenters. The molecule has 4 N–H and O–H groups in total. The van der Waals surface area contributed by atoms with Crippen molar-refractivity contribution in [2.24, 2.45) is 0 Å². The Morgan fingerprint density at radius 1 is 0.692 bits per heavy atom. The van der Waals surface area contributed by atoms with Crippen molar-refractivity contribution < 1.29 is 0 Å². The first-order chi connectivity index (χ1) is 12.5. The third kappa shape index (κ3) is 2.82. The van der Waals surface area contributed by atoms with E-state index in [1.807, 2.05) is 50.2 Å². The van der Waals surface area contributed by atoms with Crippen LogP contribution in [0.3, 0.4) is 0 Å². The molecule has 0 saturated carbocycles. The summed E-state index contributed by atoms with van der Waals surface area (Å²) in [6, 6.07) is 16.3. The molecular formula is C20H18N6. The van der Waals surface area contributed by atoms with Crippen LogP contribution in [-0.4, -0.2) is 19.9 Å². The van der Waals surface area contributed by atoms with Crippen molar-refractivity contribution in [2.45, 2.75) is 13.8 Å². The minimum absolute atomic E-state index is 0.0859. The van der Waals surface area contributed by atoms with Crippen molar-refractivity contribution in [3.8, 4) is 22.5 Å². The lowest BCUT2D eigenvalue weighted by molar-refractivity contribution is 1.17. The zero-order valence-electron chi connectivity index (χ0n) is 14.6. The second-order valence-electron chi connectivity index (χ2n) is 6.30. The summed E-state index contributed by atoms with van der Waals surface area (Å²) in [6.07, 6.45) is 0. The molecule has 0 fully saturated rings. The fraction of sp³-hybridized carbons (Fsp3) is 0.100. The number of hydrogen-bond donors (Lipinski definition) is 2. The summed E-state index contributed by atoms with van der Waals surface area (Å²) in [5.74, 6) is 0.312. The van der Waals surface area contributed by atoms with E-state index in [0.717, 1.165) is 33.6 Å². The highest BCUT2D eigenvalue weighted by molar-refractivity contribution is 5.89. The van der Waals surface area contributed by atoms with Gasteiger partial charge in [-0.2, -0.15) is 9.97 Å². The first-order valence-electron chi connectivity index (χ1n) is 8.26. The van der Waals surface area contributed by atoms with Crippen molar-refractivity contribution in [1.29, 1.82) is 0 Å². The minimum atomic E-state index is 0.0859. The number of nitrogens with zero attached hydrogens (tertiary/aromatic N) is 4. The van der Waals surface area contributed by atoms with Gasteiger partial charge in [-0.25, -0.2) is 9.97 Å². The Labute approximate surface area is 151 Å². The molecule has 4 rings (SSSR count). The number of aryl methyl sites for hydroxylation is 2. The molecule has 0 aliphatic rings. The average Bonchev–Trinajstić information content (AvgIpc) is 2.60. The third-order valence-corrected chi connectivity index (χ3v) is 4.16. The number of aromatic nitrogens is 4. The number of fused-ring (bicyclic) bond motifs is 1. The molecule has 128 valence electrons. The first kappa shape index (κ1) is 16.0. The second kappa shape index (κ2) is 6.07. The highest BCUT2D eigenvalue weighted by Gasteiger charge is 2.16. The molecule has 0 amide bonds. The van der Waals surface area contributed by atoms with E-state index in [1.165, 1.54) is 0 Å². The Hall–Kier alpha value is -3.54. The van der Waals surface area contributed by atoms with Crippen LogP contribution in [0.2, 0.25) is 0 Å². The summed E-state index contributed by atoms with van der Waals surface area (Å²) >= 11 is 0. The Bertz CT molecular complexity index is 1140. The topological polar surface area (TPSA) is 104 Å². The maximum absolute atomic E-state index is 6.01. The van der Waals surface area contributed by atoms with E-state index in [0.29, 0.717) is 11.2 Å². The molecule has 6 nitrogen and oxygen atoms in total. The standard InChI is InChI=1S/C20H18N6/c1-11-5-3-7-13(9-11)15-16(14-8-4-6-12(2)10-14)24-19-17(23-15)18(21)25-20(22)26-19/h3-10H,1-2H3,(H4,21,22,24,25,26). The summed E-state index contributed by atoms with van der Waals surface area (Å²) in [4.78, 5) is 17.7. The Morgan fingerprint density at radius 3 is 1.85 bits per heavy atom. The van der Waals surface area contributed by atoms with Gasteiger partial charge in [0.05, 0.1) is 11.4 Å². The molecule has 0 saturated heterocycles. The van der Waals surface area contributed by atoms with Crippen LogP contribution in [0.1, 0.15) is 11.1 Å². The van der Waals surface area contributed by atoms with Gasteiger partial charge in [0.15, 0.2) is 17.0 Å². The molecule has 2 aromatic heterocycles. The SMILES string of the molecule is Cc1cccc(-c2nc3nc(N)nc(N)c3nc2-c2cccc(C)c2)c1. The van der Waals surface area contributed by atoms with E-state index in [9.17, 15) is 0 Å². The molecule has 2 heterocycles. The summed E-state index contributed by atoms with van der Waals surface area (Å²) in [5, 5.41) is 0. The molecule has 0 aliphatic heterocycles. The number of nitrogen functional groups attached to an aromatic ring is 2. The molecule has 6 heteroatoms. The van der Waals surface area contributed by atoms with Gasteiger partial charge in [-0.3, -0.25) is 0 Å². The lowest BCUT2D eigenvalue weighted by Gasteiger charge is -2.12. The monoisotopic (exact) mass is 342 g/mol. The van der Waals surface area contributed by atoms with E-state index >= 15 is 0 Å². The summed E-state index contributed by atoms with van der Waals surface area (Å²) < 4.78 is 0. The lowest BCUT2D eigenvalue weighted by atomic mass is 10.0. The third-order valence-electron chi connectivity index (χ3n) is 4.16. The molecule has 0 atom stereocenters. The molecule has 0 radical (unpaired) electrons. The van der Waals surface area contributed by atoms with Crippen molar-refractivity contribution in [3.05, 3.63) is 59.7 Å². The molecule has 4 aromatic rings. The van der Waals surface area contributed by atoms with Crippen molar-refractivity contribution in [1.82, 2.24) is 19.9 Å². The van der Waals surface area contributed by atoms with Gasteiger partial charge in [0.25, 0.3) is 0 Å². The molecule has 26 heavy (non-hydrogen) atoms. The van der Waals surface area contributed by atoms with Crippen molar-refractivity contribution in [3.63, 3.8) is 0 Å². The molecule has 0 aliphatic carbocycles. The quantitative estimate of drug-likeness (QED) is 0.577. The zero-order chi connectivity index (χ0) is 18.3. The molecule has 0 bridgehead atoms. The van der Waals surface area contributed by atoms with E-state index in [1.54, 1.807) is 0 Å². The van der Waals surface area contributed by atoms with E-state index < -0.39 is 0 Å². The smallest absolute Gasteiger partial charge is 0.224 e. The van der Waals surface area contributed by atoms with Gasteiger partial charge in [0.2, 0.25) is 5.95 Å². The largest absolute Gasteiger partial charge is 0.382 e. The first-order valence-corrected chi connectivity index (χ1v) is 8.26. The lowest BCUT2D eigenvalue weighted by Crippen LogP contribution is -2.05. The van der Waals surface area contributed by atoms with Crippen molar-refractivity contribution in [2.75, 3.05) is 11.5 Å². The predicted octanol–water partition coefficient (Wildman–Crippen LogP) is 3.54. The van der Waals surface area contributed by atoms with Gasteiger partial charge in [-0.05, 0) is 26.0 Å². The van der Waals surface area contributed by atoms with Gasteiger partial charge in [-0.1, -0.05) is 47.5 Å². The average molecular weight is 342 g/mol. The molecule has 2 aromatic carbocycles. The maximum Gasteiger partial charge on any atom is 0.224 e. The number of anilines is 2. The molecular weight excluding hydrogens is 324 g/mol. The van der Waals surface area contributed by atoms with Crippen LogP contribution in [0.25, 0.3) is 33.7 Å². The Morgan fingerprint density at radius 2 is 1.27 bits per heavy atom. The van der Waals surface area contributed by atoms with E-state index in [4.69, 9.17) is 21.4 Å². The molecule has 0 spiro atoms. The van der Waals surface area contributed by atoms with Gasteiger partial charge in [0, 0.05) is 11.1 Å². The predicted molar refractivity (Wildman–Crippen MR) is 104 cm³/mol. The Balaban J connectivity index is 2.08. The van der Waals surface area contributed by atoms with Crippen LogP contribution in [0, 0.1) is 13.8 Å². The normalized spacial score (nSPS) is 11.0. The van der Waals surface area contributed by atoms with E-state index in [-0.39, 0.29) is 11.8 Å². The fourth-order valence-corrected chi connectivity index (χ4v) is 2.97. The van der Waals surface area contributed by atoms with Gasteiger partial charge >= 0.3 is 0 Å². The minimum Gasteiger partial charge on any atom is -0.382 e. The van der Waals surface area contributed by atoms with Gasteiger partial charge < -0.3 is 11.5 Å². The van der Waals surface area contributed by atoms with Crippen LogP contribution >= 0.6 is 0 Å². The fourth-order valence-electron chi connectivity index (χ4n) is 2.97. The summed E-state index contributed by atoms with van der Waals surface area (Å²) in [6.45, 7) is 4.09. The summed E-state index contributed by atoms with van der Waals surface area (Å²) in [7, 11) is 0. The van der Waals surface area contributed by atoms with E-state index in [2.05, 4.69) is 22.1 Å². The highest BCUT2D eigenvalue weighted by atomic mass is 15.1. The van der Waals surface area contributed by atoms with Crippen LogP contribution in [-0.2, 0) is 0 Å². The number of nitrogens with two attached hydrogens (primary N) is 2. The van der Waals surface area contributed by atoms with Gasteiger partial charge in [-0.15, -0.1) is 0 Å². The highest BCUT2D eigenvalue weighted by Crippen LogP contribution is 2.32.